The summed E-state index contributed by atoms with van der Waals surface area (Å²) in [5.74, 6) is -1.48. The third-order valence-corrected chi connectivity index (χ3v) is 3.65. The van der Waals surface area contributed by atoms with Crippen molar-refractivity contribution in [2.45, 2.75) is 45.7 Å². The summed E-state index contributed by atoms with van der Waals surface area (Å²) in [6.07, 6.45) is 1.75. The highest BCUT2D eigenvalue weighted by Gasteiger charge is 2.37. The molecule has 0 saturated carbocycles. The predicted molar refractivity (Wildman–Crippen MR) is 64.7 cm³/mol. The lowest BCUT2D eigenvalue weighted by molar-refractivity contribution is -0.153. The number of amides is 1. The van der Waals surface area contributed by atoms with Gasteiger partial charge in [0, 0.05) is 18.6 Å². The maximum absolute atomic E-state index is 11.9. The Balaban J connectivity index is 2.56. The number of hydrogen-bond donors (Lipinski definition) is 2. The van der Waals surface area contributed by atoms with E-state index in [4.69, 9.17) is 5.11 Å². The summed E-state index contributed by atoms with van der Waals surface area (Å²) in [6, 6.07) is 0.509. The fourth-order valence-electron chi connectivity index (χ4n) is 1.88. The minimum absolute atomic E-state index is 0.0901. The van der Waals surface area contributed by atoms with Crippen LogP contribution in [-0.2, 0) is 9.59 Å². The number of piperidine rings is 1. The molecule has 1 aliphatic heterocycles. The molecule has 0 aromatic rings. The van der Waals surface area contributed by atoms with E-state index in [9.17, 15) is 9.59 Å². The van der Waals surface area contributed by atoms with Gasteiger partial charge in [-0.1, -0.05) is 0 Å². The monoisotopic (exact) mass is 242 g/mol. The molecule has 1 amide bonds. The number of carbonyl (C=O) groups excluding carboxylic acids is 1. The van der Waals surface area contributed by atoms with Crippen molar-refractivity contribution >= 4 is 11.9 Å². The first-order valence-corrected chi connectivity index (χ1v) is 5.99. The van der Waals surface area contributed by atoms with Crippen molar-refractivity contribution in [3.05, 3.63) is 0 Å². The van der Waals surface area contributed by atoms with Gasteiger partial charge in [-0.15, -0.1) is 0 Å². The zero-order chi connectivity index (χ0) is 13.2. The maximum Gasteiger partial charge on any atom is 0.318 e. The number of aliphatic carboxylic acids is 1. The standard InChI is InChI=1S/C12H22N2O3/c1-8-7-9(5-6-14(8)4)13-10(15)12(2,3)11(16)17/h8-9H,5-7H2,1-4H3,(H,13,15)(H,16,17). The van der Waals surface area contributed by atoms with Crippen LogP contribution in [0.4, 0.5) is 0 Å². The highest BCUT2D eigenvalue weighted by atomic mass is 16.4. The van der Waals surface area contributed by atoms with Gasteiger partial charge in [-0.2, -0.15) is 0 Å². The van der Waals surface area contributed by atoms with E-state index in [1.807, 2.05) is 0 Å². The lowest BCUT2D eigenvalue weighted by Crippen LogP contribution is -2.51. The molecule has 1 rings (SSSR count). The first-order chi connectivity index (χ1) is 7.75. The average Bonchev–Trinajstić information content (AvgIpc) is 2.23. The van der Waals surface area contributed by atoms with Gasteiger partial charge >= 0.3 is 5.97 Å². The van der Waals surface area contributed by atoms with Gasteiger partial charge in [0.1, 0.15) is 5.41 Å². The van der Waals surface area contributed by atoms with E-state index in [0.29, 0.717) is 6.04 Å². The molecule has 0 aliphatic carbocycles. The zero-order valence-corrected chi connectivity index (χ0v) is 11.0. The van der Waals surface area contributed by atoms with Crippen LogP contribution in [0.5, 0.6) is 0 Å². The number of rotatable bonds is 3. The Morgan fingerprint density at radius 2 is 2.00 bits per heavy atom. The van der Waals surface area contributed by atoms with Crippen molar-refractivity contribution in [2.24, 2.45) is 5.41 Å². The third-order valence-electron chi connectivity index (χ3n) is 3.65. The van der Waals surface area contributed by atoms with Crippen LogP contribution >= 0.6 is 0 Å². The summed E-state index contributed by atoms with van der Waals surface area (Å²) in [4.78, 5) is 25.0. The molecule has 1 saturated heterocycles. The van der Waals surface area contributed by atoms with E-state index in [0.717, 1.165) is 19.4 Å². The predicted octanol–water partition coefficient (Wildman–Crippen LogP) is 0.696. The number of likely N-dealkylation sites (tertiary alicyclic amines) is 1. The summed E-state index contributed by atoms with van der Waals surface area (Å²) in [5.41, 5.74) is -1.35. The molecule has 0 bridgehead atoms. The highest BCUT2D eigenvalue weighted by Crippen LogP contribution is 2.19. The summed E-state index contributed by atoms with van der Waals surface area (Å²) < 4.78 is 0. The largest absolute Gasteiger partial charge is 0.480 e. The average molecular weight is 242 g/mol. The summed E-state index contributed by atoms with van der Waals surface area (Å²) in [5, 5.41) is 11.8. The van der Waals surface area contributed by atoms with Crippen LogP contribution < -0.4 is 5.32 Å². The Hall–Kier alpha value is -1.10. The van der Waals surface area contributed by atoms with E-state index in [2.05, 4.69) is 24.2 Å². The topological polar surface area (TPSA) is 69.6 Å². The molecule has 0 radical (unpaired) electrons. The fourth-order valence-corrected chi connectivity index (χ4v) is 1.88. The van der Waals surface area contributed by atoms with Gasteiger partial charge in [0.2, 0.25) is 5.91 Å². The Morgan fingerprint density at radius 3 is 2.47 bits per heavy atom. The Kier molecular flexibility index (Phi) is 4.14. The Bertz CT molecular complexity index is 315. The van der Waals surface area contributed by atoms with Gasteiger partial charge in [-0.05, 0) is 40.7 Å². The molecule has 17 heavy (non-hydrogen) atoms. The lowest BCUT2D eigenvalue weighted by Gasteiger charge is -2.36. The molecule has 5 nitrogen and oxygen atoms in total. The summed E-state index contributed by atoms with van der Waals surface area (Å²) in [6.45, 7) is 5.91. The van der Waals surface area contributed by atoms with E-state index in [-0.39, 0.29) is 6.04 Å². The smallest absolute Gasteiger partial charge is 0.318 e. The Morgan fingerprint density at radius 1 is 1.41 bits per heavy atom. The molecule has 5 heteroatoms. The van der Waals surface area contributed by atoms with Crippen LogP contribution in [0.15, 0.2) is 0 Å². The zero-order valence-electron chi connectivity index (χ0n) is 11.0. The third kappa shape index (κ3) is 3.19. The van der Waals surface area contributed by atoms with Crippen LogP contribution in [0.3, 0.4) is 0 Å². The normalized spacial score (nSPS) is 26.6. The van der Waals surface area contributed by atoms with Crippen LogP contribution in [0.25, 0.3) is 0 Å². The van der Waals surface area contributed by atoms with Gasteiger partial charge in [-0.25, -0.2) is 0 Å². The summed E-state index contributed by atoms with van der Waals surface area (Å²) in [7, 11) is 2.06. The van der Waals surface area contributed by atoms with Crippen molar-refractivity contribution in [3.63, 3.8) is 0 Å². The lowest BCUT2D eigenvalue weighted by atomic mass is 9.91. The summed E-state index contributed by atoms with van der Waals surface area (Å²) >= 11 is 0. The van der Waals surface area contributed by atoms with Gasteiger partial charge in [0.25, 0.3) is 0 Å². The van der Waals surface area contributed by atoms with E-state index < -0.39 is 17.3 Å². The molecule has 1 aliphatic rings. The molecule has 98 valence electrons. The van der Waals surface area contributed by atoms with Gasteiger partial charge in [0.05, 0.1) is 0 Å². The first-order valence-electron chi connectivity index (χ1n) is 5.99. The SMILES string of the molecule is CC1CC(NC(=O)C(C)(C)C(=O)O)CCN1C. The van der Waals surface area contributed by atoms with Crippen molar-refractivity contribution in [1.29, 1.82) is 0 Å². The molecule has 0 aromatic heterocycles. The molecule has 2 N–H and O–H groups in total. The number of carbonyl (C=O) groups is 2. The molecular weight excluding hydrogens is 220 g/mol. The molecule has 0 aromatic carbocycles. The number of nitrogens with one attached hydrogen (secondary N) is 1. The second-order valence-corrected chi connectivity index (χ2v) is 5.45. The molecule has 2 unspecified atom stereocenters. The number of carboxylic acids is 1. The van der Waals surface area contributed by atoms with Crippen LogP contribution in [0.2, 0.25) is 0 Å². The van der Waals surface area contributed by atoms with Gasteiger partial charge in [-0.3, -0.25) is 9.59 Å². The Labute approximate surface area is 102 Å². The number of nitrogens with zero attached hydrogens (tertiary/aromatic N) is 1. The van der Waals surface area contributed by atoms with E-state index in [1.165, 1.54) is 13.8 Å². The van der Waals surface area contributed by atoms with Crippen LogP contribution in [-0.4, -0.2) is 47.6 Å². The molecule has 1 heterocycles. The molecule has 2 atom stereocenters. The highest BCUT2D eigenvalue weighted by molar-refractivity contribution is 6.01. The van der Waals surface area contributed by atoms with Crippen molar-refractivity contribution in [3.8, 4) is 0 Å². The van der Waals surface area contributed by atoms with Gasteiger partial charge in [0.15, 0.2) is 0 Å². The minimum Gasteiger partial charge on any atom is -0.480 e. The molecule has 0 spiro atoms. The first kappa shape index (κ1) is 14.0. The quantitative estimate of drug-likeness (QED) is 0.715. The van der Waals surface area contributed by atoms with Crippen LogP contribution in [0.1, 0.15) is 33.6 Å². The second kappa shape index (κ2) is 5.04. The van der Waals surface area contributed by atoms with Gasteiger partial charge < -0.3 is 15.3 Å². The second-order valence-electron chi connectivity index (χ2n) is 5.45. The van der Waals surface area contributed by atoms with Crippen molar-refractivity contribution in [2.75, 3.05) is 13.6 Å². The van der Waals surface area contributed by atoms with E-state index in [1.54, 1.807) is 0 Å². The van der Waals surface area contributed by atoms with Crippen molar-refractivity contribution in [1.82, 2.24) is 10.2 Å². The number of hydrogen-bond acceptors (Lipinski definition) is 3. The maximum atomic E-state index is 11.9. The number of carboxylic acid groups (broad SMARTS) is 1. The molecule has 1 fully saturated rings. The van der Waals surface area contributed by atoms with E-state index >= 15 is 0 Å². The molecular formula is C12H22N2O3. The van der Waals surface area contributed by atoms with Crippen LogP contribution in [0, 0.1) is 5.41 Å². The minimum atomic E-state index is -1.35. The van der Waals surface area contributed by atoms with Crippen molar-refractivity contribution < 1.29 is 14.7 Å². The fraction of sp³-hybridized carbons (Fsp3) is 0.833.